The van der Waals surface area contributed by atoms with Crippen LogP contribution in [-0.2, 0) is 10.0 Å². The maximum Gasteiger partial charge on any atom is 0.245 e. The lowest BCUT2D eigenvalue weighted by Crippen LogP contribution is -2.43. The molecule has 1 atom stereocenters. The zero-order chi connectivity index (χ0) is 15.3. The van der Waals surface area contributed by atoms with E-state index in [-0.39, 0.29) is 10.9 Å². The highest BCUT2D eigenvalue weighted by Crippen LogP contribution is 2.25. The van der Waals surface area contributed by atoms with E-state index in [2.05, 4.69) is 5.43 Å². The highest BCUT2D eigenvalue weighted by atomic mass is 32.2. The molecule has 1 rings (SSSR count). The lowest BCUT2D eigenvalue weighted by Gasteiger charge is -2.29. The smallest absolute Gasteiger partial charge is 0.245 e. The van der Waals surface area contributed by atoms with E-state index in [1.54, 1.807) is 24.3 Å². The number of nitrogen functional groups attached to an aromatic ring is 1. The Balaban J connectivity index is 3.18. The van der Waals surface area contributed by atoms with Gasteiger partial charge in [0.25, 0.3) is 0 Å². The number of nitrogens with zero attached hydrogens (tertiary/aromatic N) is 2. The van der Waals surface area contributed by atoms with Crippen molar-refractivity contribution in [3.8, 4) is 0 Å². The van der Waals surface area contributed by atoms with Crippen LogP contribution in [0.15, 0.2) is 29.2 Å². The van der Waals surface area contributed by atoms with Gasteiger partial charge in [0.05, 0.1) is 5.69 Å². The Morgan fingerprint density at radius 3 is 2.40 bits per heavy atom. The summed E-state index contributed by atoms with van der Waals surface area (Å²) in [6.45, 7) is 4.81. The van der Waals surface area contributed by atoms with Crippen molar-refractivity contribution in [2.24, 2.45) is 5.84 Å². The molecule has 0 spiro atoms. The second-order valence-corrected chi connectivity index (χ2v) is 6.82. The van der Waals surface area contributed by atoms with Gasteiger partial charge in [-0.05, 0) is 33.2 Å². The number of benzene rings is 1. The zero-order valence-electron chi connectivity index (χ0n) is 12.5. The summed E-state index contributed by atoms with van der Waals surface area (Å²) in [5.41, 5.74) is 2.85. The summed E-state index contributed by atoms with van der Waals surface area (Å²) >= 11 is 0. The molecule has 1 unspecified atom stereocenters. The SMILES string of the molecule is CCN(C(C)CN(C)C)S(=O)(=O)c1ccccc1NN. The summed E-state index contributed by atoms with van der Waals surface area (Å²) in [5, 5.41) is 0. The molecule has 0 bridgehead atoms. The van der Waals surface area contributed by atoms with Crippen molar-refractivity contribution in [3.63, 3.8) is 0 Å². The van der Waals surface area contributed by atoms with Gasteiger partial charge in [0.1, 0.15) is 4.90 Å². The molecule has 3 N–H and O–H groups in total. The molecular formula is C13H24N4O2S. The number of hydrazine groups is 1. The Labute approximate surface area is 121 Å². The monoisotopic (exact) mass is 300 g/mol. The maximum absolute atomic E-state index is 12.8. The van der Waals surface area contributed by atoms with Crippen molar-refractivity contribution >= 4 is 15.7 Å². The lowest BCUT2D eigenvalue weighted by molar-refractivity contribution is 0.271. The highest BCUT2D eigenvalue weighted by Gasteiger charge is 2.29. The van der Waals surface area contributed by atoms with E-state index in [1.807, 2.05) is 32.8 Å². The van der Waals surface area contributed by atoms with E-state index in [0.29, 0.717) is 18.8 Å². The number of rotatable bonds is 7. The van der Waals surface area contributed by atoms with Crippen LogP contribution >= 0.6 is 0 Å². The van der Waals surface area contributed by atoms with Gasteiger partial charge in [0.15, 0.2) is 0 Å². The maximum atomic E-state index is 12.8. The van der Waals surface area contributed by atoms with Crippen molar-refractivity contribution in [2.75, 3.05) is 32.6 Å². The molecule has 0 aliphatic rings. The largest absolute Gasteiger partial charge is 0.323 e. The van der Waals surface area contributed by atoms with Crippen LogP contribution in [0.2, 0.25) is 0 Å². The van der Waals surface area contributed by atoms with Gasteiger partial charge in [-0.25, -0.2) is 8.42 Å². The molecule has 0 aromatic heterocycles. The van der Waals surface area contributed by atoms with Crippen LogP contribution in [0.4, 0.5) is 5.69 Å². The van der Waals surface area contributed by atoms with E-state index >= 15 is 0 Å². The van der Waals surface area contributed by atoms with Crippen molar-refractivity contribution in [3.05, 3.63) is 24.3 Å². The van der Waals surface area contributed by atoms with Crippen LogP contribution < -0.4 is 11.3 Å². The van der Waals surface area contributed by atoms with Gasteiger partial charge < -0.3 is 10.3 Å². The number of para-hydroxylation sites is 1. The van der Waals surface area contributed by atoms with Crippen molar-refractivity contribution < 1.29 is 8.42 Å². The standard InChI is InChI=1S/C13H24N4O2S/c1-5-17(11(2)10-16(3)4)20(18,19)13-9-7-6-8-12(13)15-14/h6-9,11,15H,5,10,14H2,1-4H3. The van der Waals surface area contributed by atoms with Gasteiger partial charge in [0, 0.05) is 19.1 Å². The Bertz CT molecular complexity index is 531. The Kier molecular flexibility index (Phi) is 5.94. The van der Waals surface area contributed by atoms with Crippen molar-refractivity contribution in [1.29, 1.82) is 0 Å². The number of nitrogens with two attached hydrogens (primary N) is 1. The first-order valence-corrected chi connectivity index (χ1v) is 8.00. The molecule has 1 aromatic rings. The second-order valence-electron chi connectivity index (χ2n) is 4.96. The number of likely N-dealkylation sites (N-methyl/N-ethyl adjacent to an activating group) is 2. The highest BCUT2D eigenvalue weighted by molar-refractivity contribution is 7.89. The summed E-state index contributed by atoms with van der Waals surface area (Å²) in [4.78, 5) is 2.17. The predicted molar refractivity (Wildman–Crippen MR) is 81.8 cm³/mol. The molecule has 0 saturated heterocycles. The molecule has 6 nitrogen and oxygen atoms in total. The van der Waals surface area contributed by atoms with Crippen LogP contribution in [0.1, 0.15) is 13.8 Å². The quantitative estimate of drug-likeness (QED) is 0.578. The van der Waals surface area contributed by atoms with Gasteiger partial charge >= 0.3 is 0 Å². The Hall–Kier alpha value is -1.15. The molecule has 0 amide bonds. The first kappa shape index (κ1) is 16.9. The van der Waals surface area contributed by atoms with Crippen LogP contribution in [0.5, 0.6) is 0 Å². The van der Waals surface area contributed by atoms with E-state index in [1.165, 1.54) is 4.31 Å². The molecule has 20 heavy (non-hydrogen) atoms. The molecular weight excluding hydrogens is 276 g/mol. The van der Waals surface area contributed by atoms with Crippen LogP contribution in [0.3, 0.4) is 0 Å². The molecule has 1 aromatic carbocycles. The number of hydrogen-bond acceptors (Lipinski definition) is 5. The minimum atomic E-state index is -3.57. The fourth-order valence-electron chi connectivity index (χ4n) is 2.28. The molecule has 0 aliphatic heterocycles. The predicted octanol–water partition coefficient (Wildman–Crippen LogP) is 0.933. The minimum Gasteiger partial charge on any atom is -0.323 e. The summed E-state index contributed by atoms with van der Waals surface area (Å²) < 4.78 is 27.0. The van der Waals surface area contributed by atoms with E-state index < -0.39 is 10.0 Å². The fraction of sp³-hybridized carbons (Fsp3) is 0.538. The molecule has 0 heterocycles. The molecule has 0 saturated carbocycles. The number of sulfonamides is 1. The van der Waals surface area contributed by atoms with Crippen molar-refractivity contribution in [2.45, 2.75) is 24.8 Å². The van der Waals surface area contributed by atoms with E-state index in [9.17, 15) is 8.42 Å². The summed E-state index contributed by atoms with van der Waals surface area (Å²) in [5.74, 6) is 5.40. The summed E-state index contributed by atoms with van der Waals surface area (Å²) in [6.07, 6.45) is 0. The third-order valence-corrected chi connectivity index (χ3v) is 5.21. The number of anilines is 1. The zero-order valence-corrected chi connectivity index (χ0v) is 13.3. The number of hydrogen-bond donors (Lipinski definition) is 2. The Morgan fingerprint density at radius 1 is 1.30 bits per heavy atom. The topological polar surface area (TPSA) is 78.7 Å². The Morgan fingerprint density at radius 2 is 1.90 bits per heavy atom. The average Bonchev–Trinajstić information content (AvgIpc) is 2.38. The first-order valence-electron chi connectivity index (χ1n) is 6.56. The second kappa shape index (κ2) is 7.03. The molecule has 0 radical (unpaired) electrons. The third kappa shape index (κ3) is 3.69. The van der Waals surface area contributed by atoms with Crippen molar-refractivity contribution in [1.82, 2.24) is 9.21 Å². The van der Waals surface area contributed by atoms with E-state index in [4.69, 9.17) is 5.84 Å². The van der Waals surface area contributed by atoms with E-state index in [0.717, 1.165) is 0 Å². The first-order chi connectivity index (χ1) is 9.34. The molecule has 0 fully saturated rings. The van der Waals surface area contributed by atoms with Crippen LogP contribution in [0, 0.1) is 0 Å². The molecule has 114 valence electrons. The van der Waals surface area contributed by atoms with Gasteiger partial charge in [-0.15, -0.1) is 0 Å². The summed E-state index contributed by atoms with van der Waals surface area (Å²) in [7, 11) is 0.271. The molecule has 0 aliphatic carbocycles. The van der Waals surface area contributed by atoms with Gasteiger partial charge in [-0.3, -0.25) is 5.84 Å². The summed E-state index contributed by atoms with van der Waals surface area (Å²) in [6, 6.07) is 6.53. The van der Waals surface area contributed by atoms with Gasteiger partial charge in [-0.2, -0.15) is 4.31 Å². The molecule has 7 heteroatoms. The van der Waals surface area contributed by atoms with Gasteiger partial charge in [-0.1, -0.05) is 19.1 Å². The normalized spacial score (nSPS) is 13.8. The fourth-order valence-corrected chi connectivity index (χ4v) is 4.06. The van der Waals surface area contributed by atoms with Gasteiger partial charge in [0.2, 0.25) is 10.0 Å². The number of nitrogens with one attached hydrogen (secondary N) is 1. The third-order valence-electron chi connectivity index (χ3n) is 3.06. The minimum absolute atomic E-state index is 0.120. The van der Waals surface area contributed by atoms with Crippen LogP contribution in [-0.4, -0.2) is 50.8 Å². The van der Waals surface area contributed by atoms with Crippen LogP contribution in [0.25, 0.3) is 0 Å². The average molecular weight is 300 g/mol. The lowest BCUT2D eigenvalue weighted by atomic mass is 10.3.